The van der Waals surface area contributed by atoms with Gasteiger partial charge in [0.2, 0.25) is 0 Å². The Balaban J connectivity index is 2.89. The van der Waals surface area contributed by atoms with Crippen LogP contribution in [0.5, 0.6) is 0 Å². The van der Waals surface area contributed by atoms with Crippen LogP contribution in [0.4, 0.5) is 11.4 Å². The van der Waals surface area contributed by atoms with Gasteiger partial charge >= 0.3 is 5.97 Å². The van der Waals surface area contributed by atoms with E-state index in [-0.39, 0.29) is 11.3 Å². The third-order valence-corrected chi connectivity index (χ3v) is 3.07. The van der Waals surface area contributed by atoms with Crippen molar-refractivity contribution >= 4 is 17.3 Å². The van der Waals surface area contributed by atoms with Crippen molar-refractivity contribution in [2.45, 2.75) is 13.8 Å². The van der Waals surface area contributed by atoms with Crippen molar-refractivity contribution in [2.24, 2.45) is 0 Å². The van der Waals surface area contributed by atoms with Crippen LogP contribution in [-0.4, -0.2) is 50.6 Å². The molecule has 1 rings (SSSR count). The maximum Gasteiger partial charge on any atom is 0.337 e. The number of aromatic carboxylic acids is 1. The second-order valence-electron chi connectivity index (χ2n) is 4.42. The first-order chi connectivity index (χ1) is 10.1. The summed E-state index contributed by atoms with van der Waals surface area (Å²) in [6.07, 6.45) is 0. The molecule has 118 valence electrons. The second kappa shape index (κ2) is 9.20. The van der Waals surface area contributed by atoms with Crippen LogP contribution in [0, 0.1) is 0 Å². The van der Waals surface area contributed by atoms with E-state index in [4.69, 9.17) is 20.3 Å². The quantitative estimate of drug-likeness (QED) is 0.506. The van der Waals surface area contributed by atoms with Crippen LogP contribution in [0.25, 0.3) is 0 Å². The third-order valence-electron chi connectivity index (χ3n) is 3.07. The Morgan fingerprint density at radius 2 is 1.76 bits per heavy atom. The molecule has 0 aromatic heterocycles. The van der Waals surface area contributed by atoms with Gasteiger partial charge in [-0.05, 0) is 26.0 Å². The van der Waals surface area contributed by atoms with Crippen LogP contribution < -0.4 is 10.6 Å². The van der Waals surface area contributed by atoms with Gasteiger partial charge in [0.1, 0.15) is 0 Å². The molecule has 0 aliphatic rings. The summed E-state index contributed by atoms with van der Waals surface area (Å²) in [6.45, 7) is 7.53. The minimum Gasteiger partial charge on any atom is -0.478 e. The Bertz CT molecular complexity index is 441. The van der Waals surface area contributed by atoms with E-state index in [0.717, 1.165) is 0 Å². The van der Waals surface area contributed by atoms with Gasteiger partial charge in [0, 0.05) is 26.3 Å². The summed E-state index contributed by atoms with van der Waals surface area (Å²) < 4.78 is 10.7. The molecule has 0 fully saturated rings. The summed E-state index contributed by atoms with van der Waals surface area (Å²) in [5.41, 5.74) is 7.08. The summed E-state index contributed by atoms with van der Waals surface area (Å²) in [5, 5.41) is 9.15. The molecule has 6 nitrogen and oxygen atoms in total. The molecule has 21 heavy (non-hydrogen) atoms. The van der Waals surface area contributed by atoms with Gasteiger partial charge in [-0.15, -0.1) is 0 Å². The number of benzene rings is 1. The molecule has 0 saturated heterocycles. The maximum absolute atomic E-state index is 11.2. The van der Waals surface area contributed by atoms with Crippen molar-refractivity contribution in [3.05, 3.63) is 23.8 Å². The van der Waals surface area contributed by atoms with E-state index < -0.39 is 5.97 Å². The van der Waals surface area contributed by atoms with Crippen molar-refractivity contribution in [1.29, 1.82) is 0 Å². The first-order valence-corrected chi connectivity index (χ1v) is 7.14. The van der Waals surface area contributed by atoms with Crippen LogP contribution >= 0.6 is 0 Å². The van der Waals surface area contributed by atoms with Crippen molar-refractivity contribution in [3.8, 4) is 0 Å². The minimum absolute atomic E-state index is 0.116. The summed E-state index contributed by atoms with van der Waals surface area (Å²) in [4.78, 5) is 13.2. The van der Waals surface area contributed by atoms with Gasteiger partial charge < -0.3 is 25.2 Å². The molecule has 0 saturated carbocycles. The van der Waals surface area contributed by atoms with Gasteiger partial charge in [0.05, 0.1) is 30.2 Å². The Labute approximate surface area is 125 Å². The van der Waals surface area contributed by atoms with Crippen molar-refractivity contribution in [3.63, 3.8) is 0 Å². The first-order valence-electron chi connectivity index (χ1n) is 7.14. The number of nitrogens with zero attached hydrogens (tertiary/aromatic N) is 1. The molecule has 0 amide bonds. The van der Waals surface area contributed by atoms with Gasteiger partial charge in [-0.3, -0.25) is 0 Å². The number of carbonyl (C=O) groups is 1. The number of para-hydroxylation sites is 1. The SMILES string of the molecule is CCOCCN(CCOCC)c1cccc(C(=O)O)c1N. The van der Waals surface area contributed by atoms with Crippen LogP contribution in [0.15, 0.2) is 18.2 Å². The van der Waals surface area contributed by atoms with Gasteiger partial charge in [-0.1, -0.05) is 6.07 Å². The van der Waals surface area contributed by atoms with Gasteiger partial charge in [0.15, 0.2) is 0 Å². The highest BCUT2D eigenvalue weighted by Crippen LogP contribution is 2.26. The standard InChI is InChI=1S/C15H24N2O4/c1-3-20-10-8-17(9-11-21-4-2)13-7-5-6-12(14(13)16)15(18)19/h5-7H,3-4,8-11,16H2,1-2H3,(H,18,19). The average Bonchev–Trinajstić information content (AvgIpc) is 2.46. The molecule has 0 heterocycles. The highest BCUT2D eigenvalue weighted by molar-refractivity contribution is 5.97. The molecule has 0 spiro atoms. The lowest BCUT2D eigenvalue weighted by atomic mass is 10.1. The Morgan fingerprint density at radius 3 is 2.24 bits per heavy atom. The lowest BCUT2D eigenvalue weighted by molar-refractivity contribution is 0.0698. The Morgan fingerprint density at radius 1 is 1.19 bits per heavy atom. The molecule has 0 aliphatic heterocycles. The fourth-order valence-corrected chi connectivity index (χ4v) is 2.01. The molecular formula is C15H24N2O4. The normalized spacial score (nSPS) is 10.6. The van der Waals surface area contributed by atoms with Crippen LogP contribution in [0.3, 0.4) is 0 Å². The summed E-state index contributed by atoms with van der Waals surface area (Å²) >= 11 is 0. The zero-order valence-electron chi connectivity index (χ0n) is 12.7. The second-order valence-corrected chi connectivity index (χ2v) is 4.42. The van der Waals surface area contributed by atoms with Gasteiger partial charge in [-0.25, -0.2) is 4.79 Å². The number of anilines is 2. The van der Waals surface area contributed by atoms with E-state index in [0.29, 0.717) is 45.2 Å². The zero-order valence-corrected chi connectivity index (χ0v) is 12.7. The number of nitrogen functional groups attached to an aromatic ring is 1. The average molecular weight is 296 g/mol. The van der Waals surface area contributed by atoms with Gasteiger partial charge in [0.25, 0.3) is 0 Å². The van der Waals surface area contributed by atoms with Crippen LogP contribution in [0.2, 0.25) is 0 Å². The number of ether oxygens (including phenoxy) is 2. The smallest absolute Gasteiger partial charge is 0.337 e. The predicted molar refractivity (Wildman–Crippen MR) is 83.0 cm³/mol. The highest BCUT2D eigenvalue weighted by Gasteiger charge is 2.15. The van der Waals surface area contributed by atoms with Crippen molar-refractivity contribution in [1.82, 2.24) is 0 Å². The fourth-order valence-electron chi connectivity index (χ4n) is 2.01. The molecule has 0 radical (unpaired) electrons. The van der Waals surface area contributed by atoms with E-state index in [2.05, 4.69) is 0 Å². The molecule has 0 unspecified atom stereocenters. The van der Waals surface area contributed by atoms with Crippen molar-refractivity contribution in [2.75, 3.05) is 50.2 Å². The largest absolute Gasteiger partial charge is 0.478 e. The third kappa shape index (κ3) is 5.24. The highest BCUT2D eigenvalue weighted by atomic mass is 16.5. The molecular weight excluding hydrogens is 272 g/mol. The minimum atomic E-state index is -1.02. The first kappa shape index (κ1) is 17.3. The molecule has 3 N–H and O–H groups in total. The Hall–Kier alpha value is -1.79. The number of carboxylic acid groups (broad SMARTS) is 1. The van der Waals surface area contributed by atoms with Crippen LogP contribution in [-0.2, 0) is 9.47 Å². The Kier molecular flexibility index (Phi) is 7.56. The zero-order chi connectivity index (χ0) is 15.7. The van der Waals surface area contributed by atoms with E-state index in [9.17, 15) is 4.79 Å². The molecule has 6 heteroatoms. The van der Waals surface area contributed by atoms with E-state index >= 15 is 0 Å². The van der Waals surface area contributed by atoms with E-state index in [1.807, 2.05) is 24.8 Å². The number of hydrogen-bond acceptors (Lipinski definition) is 5. The summed E-state index contributed by atoms with van der Waals surface area (Å²) in [7, 11) is 0. The van der Waals surface area contributed by atoms with E-state index in [1.165, 1.54) is 6.07 Å². The topological polar surface area (TPSA) is 85.0 Å². The molecule has 0 bridgehead atoms. The summed E-state index contributed by atoms with van der Waals surface area (Å²) in [6, 6.07) is 5.02. The van der Waals surface area contributed by atoms with Crippen molar-refractivity contribution < 1.29 is 19.4 Å². The van der Waals surface area contributed by atoms with Crippen LogP contribution in [0.1, 0.15) is 24.2 Å². The number of nitrogens with two attached hydrogens (primary N) is 1. The van der Waals surface area contributed by atoms with E-state index in [1.54, 1.807) is 6.07 Å². The molecule has 0 aliphatic carbocycles. The molecule has 1 aromatic carbocycles. The number of rotatable bonds is 10. The number of carboxylic acids is 1. The molecule has 1 aromatic rings. The summed E-state index contributed by atoms with van der Waals surface area (Å²) in [5.74, 6) is -1.02. The predicted octanol–water partition coefficient (Wildman–Crippen LogP) is 1.85. The lowest BCUT2D eigenvalue weighted by Crippen LogP contribution is -2.32. The fraction of sp³-hybridized carbons (Fsp3) is 0.533. The monoisotopic (exact) mass is 296 g/mol. The maximum atomic E-state index is 11.2. The number of hydrogen-bond donors (Lipinski definition) is 2. The van der Waals surface area contributed by atoms with Gasteiger partial charge in [-0.2, -0.15) is 0 Å². The molecule has 0 atom stereocenters. The lowest BCUT2D eigenvalue weighted by Gasteiger charge is -2.26.